The van der Waals surface area contributed by atoms with E-state index in [9.17, 15) is 0 Å². The van der Waals surface area contributed by atoms with Crippen LogP contribution in [0.5, 0.6) is 0 Å². The fraction of sp³-hybridized carbons (Fsp3) is 0. The van der Waals surface area contributed by atoms with Crippen LogP contribution in [0.15, 0.2) is 164 Å². The van der Waals surface area contributed by atoms with Crippen molar-refractivity contribution in [3.8, 4) is 28.2 Å². The molecule has 0 aliphatic heterocycles. The van der Waals surface area contributed by atoms with Crippen molar-refractivity contribution in [1.82, 2.24) is 14.5 Å². The van der Waals surface area contributed by atoms with Crippen molar-refractivity contribution < 1.29 is 0 Å². The minimum Gasteiger partial charge on any atom is -0.290 e. The van der Waals surface area contributed by atoms with Crippen molar-refractivity contribution in [3.63, 3.8) is 0 Å². The molecular weight excluding hydrogens is 683 g/mol. The topological polar surface area (TPSA) is 30.7 Å². The summed E-state index contributed by atoms with van der Waals surface area (Å²) in [6, 6.07) is 59.1. The number of thiophene rings is 2. The molecule has 0 amide bonds. The summed E-state index contributed by atoms with van der Waals surface area (Å²) >= 11 is 3.61. The summed E-state index contributed by atoms with van der Waals surface area (Å²) in [7, 11) is 0. The lowest BCUT2D eigenvalue weighted by molar-refractivity contribution is 1.09. The molecule has 0 saturated carbocycles. The molecule has 0 unspecified atom stereocenters. The van der Waals surface area contributed by atoms with Gasteiger partial charge >= 0.3 is 0 Å². The monoisotopic (exact) mass is 709 g/mol. The lowest BCUT2D eigenvalue weighted by Gasteiger charge is -2.14. The molecule has 0 N–H and O–H groups in total. The fourth-order valence-corrected chi connectivity index (χ4v) is 10.9. The highest BCUT2D eigenvalue weighted by Crippen LogP contribution is 2.50. The van der Waals surface area contributed by atoms with E-state index in [4.69, 9.17) is 9.97 Å². The van der Waals surface area contributed by atoms with E-state index in [0.29, 0.717) is 0 Å². The number of nitrogens with zero attached hydrogens (tertiary/aromatic N) is 3. The van der Waals surface area contributed by atoms with Crippen molar-refractivity contribution in [2.75, 3.05) is 0 Å². The van der Waals surface area contributed by atoms with E-state index >= 15 is 0 Å². The molecule has 12 aromatic rings. The minimum atomic E-state index is 0.846. The smallest absolute Gasteiger partial charge is 0.165 e. The van der Waals surface area contributed by atoms with Gasteiger partial charge in [-0.15, -0.1) is 22.7 Å². The van der Waals surface area contributed by atoms with Crippen molar-refractivity contribution in [2.24, 2.45) is 0 Å². The van der Waals surface area contributed by atoms with Gasteiger partial charge in [-0.1, -0.05) is 152 Å². The summed E-state index contributed by atoms with van der Waals surface area (Å²) < 4.78 is 6.20. The highest BCUT2D eigenvalue weighted by Gasteiger charge is 2.26. The van der Waals surface area contributed by atoms with Gasteiger partial charge < -0.3 is 0 Å². The number of fused-ring (bicyclic) bond motifs is 15. The molecule has 246 valence electrons. The second-order valence-electron chi connectivity index (χ2n) is 13.7. The van der Waals surface area contributed by atoms with E-state index in [1.165, 1.54) is 73.8 Å². The van der Waals surface area contributed by atoms with E-state index < -0.39 is 0 Å². The van der Waals surface area contributed by atoms with Crippen LogP contribution in [0.4, 0.5) is 0 Å². The normalized spacial score (nSPS) is 12.2. The molecule has 0 spiro atoms. The standard InChI is InChI=1S/C48H27N3S2/c1-2-12-28(13-3-1)29-22-24-31(25-23-29)42-47(49-43-36-19-9-11-21-39(36)52-48(43)50-42)51-38-20-10-8-18-35(38)40-33-16-6-7-17-34(33)41-37-27-26-30-14-4-5-15-32(30)45(37)53-46(41)44(40)51/h1-27H. The van der Waals surface area contributed by atoms with Crippen LogP contribution in [0.3, 0.4) is 0 Å². The minimum absolute atomic E-state index is 0.846. The predicted octanol–water partition coefficient (Wildman–Crippen LogP) is 13.9. The first-order valence-corrected chi connectivity index (χ1v) is 19.5. The predicted molar refractivity (Wildman–Crippen MR) is 228 cm³/mol. The van der Waals surface area contributed by atoms with Gasteiger partial charge in [0.1, 0.15) is 16.0 Å². The molecule has 0 radical (unpaired) electrons. The molecule has 53 heavy (non-hydrogen) atoms. The fourth-order valence-electron chi connectivity index (χ4n) is 8.44. The molecule has 0 aliphatic rings. The summed E-state index contributed by atoms with van der Waals surface area (Å²) in [5.41, 5.74) is 7.53. The second kappa shape index (κ2) is 11.1. The van der Waals surface area contributed by atoms with E-state index in [1.807, 2.05) is 11.3 Å². The molecule has 12 rings (SSSR count). The highest BCUT2D eigenvalue weighted by molar-refractivity contribution is 7.27. The second-order valence-corrected chi connectivity index (χ2v) is 15.7. The average molecular weight is 710 g/mol. The molecule has 0 aliphatic carbocycles. The third kappa shape index (κ3) is 4.15. The Morgan fingerprint density at radius 3 is 1.89 bits per heavy atom. The SMILES string of the molecule is c1ccc(-c2ccc(-c3nc4sc5ccccc5c4nc3-n3c4ccccc4c4c5ccccc5c5c6ccc7ccccc7c6sc5c43)cc2)cc1. The molecule has 0 atom stereocenters. The van der Waals surface area contributed by atoms with Crippen LogP contribution in [-0.4, -0.2) is 14.5 Å². The maximum absolute atomic E-state index is 5.67. The summed E-state index contributed by atoms with van der Waals surface area (Å²) in [6.45, 7) is 0. The summed E-state index contributed by atoms with van der Waals surface area (Å²) in [6.07, 6.45) is 0. The van der Waals surface area contributed by atoms with E-state index in [2.05, 4.69) is 168 Å². The number of aromatic nitrogens is 3. The maximum Gasteiger partial charge on any atom is 0.165 e. The van der Waals surface area contributed by atoms with Gasteiger partial charge in [-0.25, -0.2) is 9.97 Å². The van der Waals surface area contributed by atoms with E-state index in [0.717, 1.165) is 38.3 Å². The number of benzene rings is 8. The van der Waals surface area contributed by atoms with Crippen molar-refractivity contribution in [2.45, 2.75) is 0 Å². The molecule has 4 aromatic heterocycles. The molecule has 3 nitrogen and oxygen atoms in total. The van der Waals surface area contributed by atoms with E-state index in [1.54, 1.807) is 11.3 Å². The van der Waals surface area contributed by atoms with Crippen LogP contribution >= 0.6 is 22.7 Å². The molecule has 5 heteroatoms. The Morgan fingerprint density at radius 1 is 0.415 bits per heavy atom. The quantitative estimate of drug-likeness (QED) is 0.183. The molecular formula is C48H27N3S2. The Hall–Kier alpha value is -6.40. The molecule has 8 aromatic carbocycles. The highest BCUT2D eigenvalue weighted by atomic mass is 32.1. The van der Waals surface area contributed by atoms with Crippen LogP contribution in [0.1, 0.15) is 0 Å². The first kappa shape index (κ1) is 29.2. The van der Waals surface area contributed by atoms with Crippen molar-refractivity contribution >= 4 is 107 Å². The zero-order valence-corrected chi connectivity index (χ0v) is 29.9. The Kier molecular flexibility index (Phi) is 6.09. The van der Waals surface area contributed by atoms with Gasteiger partial charge in [0.2, 0.25) is 0 Å². The molecule has 4 heterocycles. The summed E-state index contributed by atoms with van der Waals surface area (Å²) in [5.74, 6) is 0.846. The van der Waals surface area contributed by atoms with Crippen molar-refractivity contribution in [1.29, 1.82) is 0 Å². The number of para-hydroxylation sites is 1. The van der Waals surface area contributed by atoms with Gasteiger partial charge in [0.15, 0.2) is 5.82 Å². The van der Waals surface area contributed by atoms with Gasteiger partial charge in [-0.3, -0.25) is 4.57 Å². The summed E-state index contributed by atoms with van der Waals surface area (Å²) in [5, 5.41) is 11.3. The first-order chi connectivity index (χ1) is 26.3. The van der Waals surface area contributed by atoms with Crippen LogP contribution in [0, 0.1) is 0 Å². The average Bonchev–Trinajstić information content (AvgIpc) is 3.91. The molecule has 0 saturated heterocycles. The van der Waals surface area contributed by atoms with Gasteiger partial charge in [0.05, 0.1) is 15.7 Å². The number of hydrogen-bond donors (Lipinski definition) is 0. The van der Waals surface area contributed by atoms with Gasteiger partial charge in [-0.2, -0.15) is 0 Å². The van der Waals surface area contributed by atoms with Gasteiger partial charge in [0, 0.05) is 41.9 Å². The first-order valence-electron chi connectivity index (χ1n) is 17.8. The Morgan fingerprint density at radius 2 is 1.06 bits per heavy atom. The van der Waals surface area contributed by atoms with Gasteiger partial charge in [0.25, 0.3) is 0 Å². The lowest BCUT2D eigenvalue weighted by atomic mass is 9.98. The largest absolute Gasteiger partial charge is 0.290 e. The van der Waals surface area contributed by atoms with Crippen molar-refractivity contribution in [3.05, 3.63) is 164 Å². The maximum atomic E-state index is 5.67. The Labute approximate surface area is 311 Å². The Balaban J connectivity index is 1.27. The third-order valence-electron chi connectivity index (χ3n) is 10.8. The Bertz CT molecular complexity index is 3440. The van der Waals surface area contributed by atoms with Crippen LogP contribution in [0.2, 0.25) is 0 Å². The third-order valence-corrected chi connectivity index (χ3v) is 13.1. The van der Waals surface area contributed by atoms with E-state index in [-0.39, 0.29) is 0 Å². The lowest BCUT2D eigenvalue weighted by Crippen LogP contribution is -2.03. The van der Waals surface area contributed by atoms with Gasteiger partial charge in [-0.05, 0) is 44.8 Å². The molecule has 0 fully saturated rings. The molecule has 0 bridgehead atoms. The summed E-state index contributed by atoms with van der Waals surface area (Å²) in [4.78, 5) is 12.1. The zero-order chi connectivity index (χ0) is 34.6. The zero-order valence-electron chi connectivity index (χ0n) is 28.2. The van der Waals surface area contributed by atoms with Crippen LogP contribution < -0.4 is 0 Å². The van der Waals surface area contributed by atoms with Crippen LogP contribution in [0.25, 0.3) is 112 Å². The van der Waals surface area contributed by atoms with Crippen LogP contribution in [-0.2, 0) is 0 Å². The number of hydrogen-bond acceptors (Lipinski definition) is 4. The number of rotatable bonds is 3.